The lowest BCUT2D eigenvalue weighted by Gasteiger charge is -2.10. The summed E-state index contributed by atoms with van der Waals surface area (Å²) in [6, 6.07) is 11.0. The summed E-state index contributed by atoms with van der Waals surface area (Å²) in [6.45, 7) is 1.55. The van der Waals surface area contributed by atoms with Gasteiger partial charge < -0.3 is 9.84 Å². The molecule has 0 aliphatic heterocycles. The molecule has 1 N–H and O–H groups in total. The molecule has 1 amide bonds. The van der Waals surface area contributed by atoms with Crippen LogP contribution in [-0.2, 0) is 6.18 Å². The molecule has 0 aliphatic carbocycles. The number of carbonyl (C=O) groups is 1. The summed E-state index contributed by atoms with van der Waals surface area (Å²) in [5.41, 5.74) is 0.191. The molecule has 0 saturated heterocycles. The fourth-order valence-corrected chi connectivity index (χ4v) is 2.54. The molecule has 0 unspecified atom stereocenters. The zero-order chi connectivity index (χ0) is 18.9. The number of hydrogen-bond acceptors (Lipinski definition) is 3. The molecule has 0 bridgehead atoms. The van der Waals surface area contributed by atoms with Crippen LogP contribution in [0.1, 0.15) is 21.7 Å². The third-order valence-electron chi connectivity index (χ3n) is 3.66. The minimum atomic E-state index is -4.50. The van der Waals surface area contributed by atoms with Gasteiger partial charge in [0.15, 0.2) is 0 Å². The predicted molar refractivity (Wildman–Crippen MR) is 91.1 cm³/mol. The van der Waals surface area contributed by atoms with Gasteiger partial charge in [-0.25, -0.2) is 0 Å². The van der Waals surface area contributed by atoms with Crippen LogP contribution in [0.15, 0.2) is 53.1 Å². The summed E-state index contributed by atoms with van der Waals surface area (Å²) in [5.74, 6) is -0.368. The fraction of sp³-hybridized carbons (Fsp3) is 0.111. The van der Waals surface area contributed by atoms with Crippen molar-refractivity contribution in [3.05, 3.63) is 70.4 Å². The number of aryl methyl sites for hydroxylation is 1. The van der Waals surface area contributed by atoms with E-state index in [-0.39, 0.29) is 22.7 Å². The Hall–Kier alpha value is -2.80. The number of nitrogens with one attached hydrogen (secondary N) is 1. The van der Waals surface area contributed by atoms with E-state index in [1.54, 1.807) is 31.2 Å². The molecule has 8 heteroatoms. The van der Waals surface area contributed by atoms with Crippen LogP contribution in [0.4, 0.5) is 18.9 Å². The van der Waals surface area contributed by atoms with Gasteiger partial charge in [0, 0.05) is 16.3 Å². The summed E-state index contributed by atoms with van der Waals surface area (Å²) in [7, 11) is 0. The minimum Gasteiger partial charge on any atom is -0.360 e. The van der Waals surface area contributed by atoms with Crippen molar-refractivity contribution in [1.29, 1.82) is 0 Å². The molecule has 1 heterocycles. The normalized spacial score (nSPS) is 11.4. The lowest BCUT2D eigenvalue weighted by Crippen LogP contribution is -2.14. The Bertz CT molecular complexity index is 950. The van der Waals surface area contributed by atoms with Crippen LogP contribution in [0.5, 0.6) is 0 Å². The second-order valence-corrected chi connectivity index (χ2v) is 5.94. The summed E-state index contributed by atoms with van der Waals surface area (Å²) < 4.78 is 43.5. The Morgan fingerprint density at radius 1 is 1.15 bits per heavy atom. The van der Waals surface area contributed by atoms with Gasteiger partial charge in [-0.15, -0.1) is 0 Å². The van der Waals surface area contributed by atoms with Gasteiger partial charge >= 0.3 is 6.18 Å². The molecular weight excluding hydrogens is 369 g/mol. The van der Waals surface area contributed by atoms with Crippen LogP contribution in [-0.4, -0.2) is 11.1 Å². The van der Waals surface area contributed by atoms with Crippen LogP contribution in [0.3, 0.4) is 0 Å². The quantitative estimate of drug-likeness (QED) is 0.645. The van der Waals surface area contributed by atoms with Crippen molar-refractivity contribution < 1.29 is 22.5 Å². The molecule has 0 saturated carbocycles. The highest BCUT2D eigenvalue weighted by Crippen LogP contribution is 2.31. The smallest absolute Gasteiger partial charge is 0.360 e. The zero-order valence-electron chi connectivity index (χ0n) is 13.4. The first-order chi connectivity index (χ1) is 12.3. The molecule has 0 fully saturated rings. The summed E-state index contributed by atoms with van der Waals surface area (Å²) >= 11 is 5.85. The van der Waals surface area contributed by atoms with Gasteiger partial charge in [0.1, 0.15) is 17.0 Å². The van der Waals surface area contributed by atoms with Gasteiger partial charge in [-0.3, -0.25) is 4.79 Å². The summed E-state index contributed by atoms with van der Waals surface area (Å²) in [4.78, 5) is 12.6. The standard InChI is InChI=1S/C18H12ClF3N2O2/c1-10-15(16(24-26-10)11-5-7-13(19)8-6-11)17(25)23-14-4-2-3-12(9-14)18(20,21)22/h2-9H,1H3,(H,23,25). The van der Waals surface area contributed by atoms with E-state index >= 15 is 0 Å². The SMILES string of the molecule is Cc1onc(-c2ccc(Cl)cc2)c1C(=O)Nc1cccc(C(F)(F)F)c1. The second-order valence-electron chi connectivity index (χ2n) is 5.50. The van der Waals surface area contributed by atoms with E-state index in [0.717, 1.165) is 12.1 Å². The van der Waals surface area contributed by atoms with Gasteiger partial charge in [-0.2, -0.15) is 13.2 Å². The Morgan fingerprint density at radius 3 is 2.50 bits per heavy atom. The number of benzene rings is 2. The highest BCUT2D eigenvalue weighted by Gasteiger charge is 2.30. The monoisotopic (exact) mass is 380 g/mol. The molecule has 0 radical (unpaired) electrons. The Balaban J connectivity index is 1.92. The second kappa shape index (κ2) is 6.84. The van der Waals surface area contributed by atoms with E-state index in [9.17, 15) is 18.0 Å². The number of nitrogens with zero attached hydrogens (tertiary/aromatic N) is 1. The topological polar surface area (TPSA) is 55.1 Å². The number of rotatable bonds is 3. The molecule has 3 rings (SSSR count). The highest BCUT2D eigenvalue weighted by atomic mass is 35.5. The predicted octanol–water partition coefficient (Wildman–Crippen LogP) is 5.57. The van der Waals surface area contributed by atoms with Crippen molar-refractivity contribution in [2.24, 2.45) is 0 Å². The Labute approximate surface area is 151 Å². The third kappa shape index (κ3) is 3.72. The minimum absolute atomic E-state index is 0.0208. The number of anilines is 1. The molecule has 0 aliphatic rings. The molecule has 134 valence electrons. The number of aromatic nitrogens is 1. The average molecular weight is 381 g/mol. The van der Waals surface area contributed by atoms with Crippen molar-refractivity contribution in [3.8, 4) is 11.3 Å². The van der Waals surface area contributed by atoms with Crippen molar-refractivity contribution in [1.82, 2.24) is 5.16 Å². The molecular formula is C18H12ClF3N2O2. The summed E-state index contributed by atoms with van der Waals surface area (Å²) in [6.07, 6.45) is -4.50. The molecule has 1 aromatic heterocycles. The number of carbonyl (C=O) groups excluding carboxylic acids is 1. The number of hydrogen-bond donors (Lipinski definition) is 1. The Morgan fingerprint density at radius 2 is 1.85 bits per heavy atom. The maximum atomic E-state index is 12.8. The van der Waals surface area contributed by atoms with Crippen molar-refractivity contribution >= 4 is 23.2 Å². The van der Waals surface area contributed by atoms with Gasteiger partial charge in [0.05, 0.1) is 5.56 Å². The van der Waals surface area contributed by atoms with Crippen molar-refractivity contribution in [2.45, 2.75) is 13.1 Å². The molecule has 3 aromatic rings. The van der Waals surface area contributed by atoms with Crippen LogP contribution in [0, 0.1) is 6.92 Å². The van der Waals surface area contributed by atoms with Crippen LogP contribution in [0.25, 0.3) is 11.3 Å². The van der Waals surface area contributed by atoms with E-state index < -0.39 is 17.6 Å². The highest BCUT2D eigenvalue weighted by molar-refractivity contribution is 6.30. The van der Waals surface area contributed by atoms with Gasteiger partial charge in [0.2, 0.25) is 0 Å². The first-order valence-corrected chi connectivity index (χ1v) is 7.84. The number of alkyl halides is 3. The molecule has 26 heavy (non-hydrogen) atoms. The maximum absolute atomic E-state index is 12.8. The van der Waals surface area contributed by atoms with E-state index in [0.29, 0.717) is 10.6 Å². The molecule has 0 atom stereocenters. The van der Waals surface area contributed by atoms with Gasteiger partial charge in [-0.1, -0.05) is 35.0 Å². The van der Waals surface area contributed by atoms with Gasteiger partial charge in [0.25, 0.3) is 5.91 Å². The lowest BCUT2D eigenvalue weighted by atomic mass is 10.1. The van der Waals surface area contributed by atoms with E-state index in [1.807, 2.05) is 0 Å². The molecule has 2 aromatic carbocycles. The van der Waals surface area contributed by atoms with E-state index in [2.05, 4.69) is 10.5 Å². The average Bonchev–Trinajstić information content (AvgIpc) is 2.97. The van der Waals surface area contributed by atoms with Gasteiger partial charge in [-0.05, 0) is 37.3 Å². The van der Waals surface area contributed by atoms with Crippen LogP contribution in [0.2, 0.25) is 5.02 Å². The number of halogens is 4. The van der Waals surface area contributed by atoms with E-state index in [1.165, 1.54) is 12.1 Å². The first kappa shape index (κ1) is 18.0. The Kier molecular flexibility index (Phi) is 4.73. The van der Waals surface area contributed by atoms with E-state index in [4.69, 9.17) is 16.1 Å². The largest absolute Gasteiger partial charge is 0.416 e. The lowest BCUT2D eigenvalue weighted by molar-refractivity contribution is -0.137. The third-order valence-corrected chi connectivity index (χ3v) is 3.91. The fourth-order valence-electron chi connectivity index (χ4n) is 2.41. The molecule has 4 nitrogen and oxygen atoms in total. The first-order valence-electron chi connectivity index (χ1n) is 7.46. The van der Waals surface area contributed by atoms with Crippen molar-refractivity contribution in [3.63, 3.8) is 0 Å². The summed E-state index contributed by atoms with van der Waals surface area (Å²) in [5, 5.41) is 6.85. The van der Waals surface area contributed by atoms with Crippen LogP contribution < -0.4 is 5.32 Å². The maximum Gasteiger partial charge on any atom is 0.416 e. The van der Waals surface area contributed by atoms with Crippen molar-refractivity contribution in [2.75, 3.05) is 5.32 Å². The number of amides is 1. The van der Waals surface area contributed by atoms with Crippen LogP contribution >= 0.6 is 11.6 Å². The molecule has 0 spiro atoms. The zero-order valence-corrected chi connectivity index (χ0v) is 14.2.